The van der Waals surface area contributed by atoms with Crippen molar-refractivity contribution in [3.8, 4) is 0 Å². The van der Waals surface area contributed by atoms with Gasteiger partial charge < -0.3 is 9.88 Å². The molecular weight excluding hydrogens is 233 g/mol. The number of aryl methyl sites for hydroxylation is 1. The molecule has 0 bridgehead atoms. The third kappa shape index (κ3) is 2.64. The highest BCUT2D eigenvalue weighted by molar-refractivity contribution is 5.26. The van der Waals surface area contributed by atoms with Gasteiger partial charge in [-0.05, 0) is 13.8 Å². The van der Waals surface area contributed by atoms with E-state index in [1.54, 1.807) is 6.20 Å². The van der Waals surface area contributed by atoms with Crippen LogP contribution in [0.15, 0.2) is 18.6 Å². The van der Waals surface area contributed by atoms with E-state index in [0.717, 1.165) is 12.4 Å². The summed E-state index contributed by atoms with van der Waals surface area (Å²) in [5.74, 6) is 0.850. The summed E-state index contributed by atoms with van der Waals surface area (Å²) in [6, 6.07) is 0. The normalized spacial score (nSPS) is 10.6. The molecule has 0 saturated heterocycles. The Kier molecular flexibility index (Phi) is 3.86. The fourth-order valence-electron chi connectivity index (χ4n) is 1.71. The van der Waals surface area contributed by atoms with Gasteiger partial charge >= 0.3 is 0 Å². The first-order valence-electron chi connectivity index (χ1n) is 5.99. The molecule has 0 atom stereocenters. The van der Waals surface area contributed by atoms with Crippen LogP contribution in [-0.2, 0) is 13.0 Å². The molecule has 0 aromatic carbocycles. The molecule has 6 heteroatoms. The van der Waals surface area contributed by atoms with Gasteiger partial charge in [-0.1, -0.05) is 0 Å². The van der Waals surface area contributed by atoms with Gasteiger partial charge in [-0.3, -0.25) is 0 Å². The van der Waals surface area contributed by atoms with E-state index in [1.165, 1.54) is 6.20 Å². The Morgan fingerprint density at radius 3 is 2.89 bits per heavy atom. The van der Waals surface area contributed by atoms with E-state index in [-0.39, 0.29) is 0 Å². The number of aromatic nitrogens is 4. The van der Waals surface area contributed by atoms with Gasteiger partial charge in [0, 0.05) is 25.5 Å². The molecule has 2 aromatic heterocycles. The van der Waals surface area contributed by atoms with Crippen LogP contribution in [-0.4, -0.2) is 26.1 Å². The average molecular weight is 249 g/mol. The van der Waals surface area contributed by atoms with Gasteiger partial charge in [0.15, 0.2) is 5.82 Å². The summed E-state index contributed by atoms with van der Waals surface area (Å²) in [6.07, 6.45) is 5.15. The summed E-state index contributed by atoms with van der Waals surface area (Å²) < 4.78 is 15.6. The number of nitrogens with one attached hydrogen (secondary N) is 1. The molecule has 18 heavy (non-hydrogen) atoms. The SMILES string of the molecule is CCNc1ncc(F)c(Cc2nccn2CC)n1. The first kappa shape index (κ1) is 12.5. The van der Waals surface area contributed by atoms with Gasteiger partial charge in [-0.2, -0.15) is 0 Å². The Balaban J connectivity index is 2.25. The van der Waals surface area contributed by atoms with Crippen molar-refractivity contribution in [2.45, 2.75) is 26.8 Å². The summed E-state index contributed by atoms with van der Waals surface area (Å²) in [7, 11) is 0. The number of halogens is 1. The summed E-state index contributed by atoms with van der Waals surface area (Å²) in [5.41, 5.74) is 0.363. The molecule has 96 valence electrons. The van der Waals surface area contributed by atoms with Crippen LogP contribution in [0, 0.1) is 5.82 Å². The van der Waals surface area contributed by atoms with Gasteiger partial charge in [0.05, 0.1) is 18.3 Å². The maximum absolute atomic E-state index is 13.6. The molecule has 0 unspecified atom stereocenters. The zero-order valence-corrected chi connectivity index (χ0v) is 10.5. The molecule has 0 spiro atoms. The first-order valence-corrected chi connectivity index (χ1v) is 5.99. The molecule has 2 aromatic rings. The molecular formula is C12H16FN5. The van der Waals surface area contributed by atoms with Crippen LogP contribution in [0.4, 0.5) is 10.3 Å². The van der Waals surface area contributed by atoms with Crippen LogP contribution in [0.2, 0.25) is 0 Å². The maximum Gasteiger partial charge on any atom is 0.223 e. The highest BCUT2D eigenvalue weighted by atomic mass is 19.1. The predicted molar refractivity (Wildman–Crippen MR) is 66.9 cm³/mol. The Bertz CT molecular complexity index is 523. The fraction of sp³-hybridized carbons (Fsp3) is 0.417. The van der Waals surface area contributed by atoms with Gasteiger partial charge in [0.25, 0.3) is 0 Å². The van der Waals surface area contributed by atoms with E-state index >= 15 is 0 Å². The summed E-state index contributed by atoms with van der Waals surface area (Å²) in [6.45, 7) is 5.47. The fourth-order valence-corrected chi connectivity index (χ4v) is 1.71. The minimum Gasteiger partial charge on any atom is -0.354 e. The van der Waals surface area contributed by atoms with Gasteiger partial charge in [0.1, 0.15) is 5.82 Å². The monoisotopic (exact) mass is 249 g/mol. The van der Waals surface area contributed by atoms with Crippen molar-refractivity contribution in [2.75, 3.05) is 11.9 Å². The number of anilines is 1. The number of rotatable bonds is 5. The average Bonchev–Trinajstić information content (AvgIpc) is 2.81. The smallest absolute Gasteiger partial charge is 0.223 e. The van der Waals surface area contributed by atoms with Crippen molar-refractivity contribution in [2.24, 2.45) is 0 Å². The van der Waals surface area contributed by atoms with Crippen LogP contribution >= 0.6 is 0 Å². The molecule has 1 N–H and O–H groups in total. The van der Waals surface area contributed by atoms with Gasteiger partial charge in [-0.15, -0.1) is 0 Å². The predicted octanol–water partition coefficient (Wildman–Crippen LogP) is 1.85. The van der Waals surface area contributed by atoms with Crippen LogP contribution in [0.1, 0.15) is 25.4 Å². The van der Waals surface area contributed by atoms with Crippen LogP contribution in [0.3, 0.4) is 0 Å². The minimum atomic E-state index is -0.401. The second-order valence-electron chi connectivity index (χ2n) is 3.82. The van der Waals surface area contributed by atoms with Crippen molar-refractivity contribution >= 4 is 5.95 Å². The van der Waals surface area contributed by atoms with E-state index in [9.17, 15) is 4.39 Å². The van der Waals surface area contributed by atoms with Crippen LogP contribution in [0.25, 0.3) is 0 Å². The lowest BCUT2D eigenvalue weighted by Crippen LogP contribution is -2.09. The van der Waals surface area contributed by atoms with Gasteiger partial charge in [0.2, 0.25) is 5.95 Å². The maximum atomic E-state index is 13.6. The number of hydrogen-bond donors (Lipinski definition) is 1. The lowest BCUT2D eigenvalue weighted by molar-refractivity contribution is 0.589. The number of imidazole rings is 1. The Hall–Kier alpha value is -1.98. The highest BCUT2D eigenvalue weighted by Gasteiger charge is 2.10. The first-order chi connectivity index (χ1) is 8.74. The third-order valence-corrected chi connectivity index (χ3v) is 2.62. The number of nitrogens with zero attached hydrogens (tertiary/aromatic N) is 4. The molecule has 2 heterocycles. The van der Waals surface area contributed by atoms with Crippen molar-refractivity contribution < 1.29 is 4.39 Å². The van der Waals surface area contributed by atoms with Crippen molar-refractivity contribution in [3.05, 3.63) is 35.9 Å². The molecule has 5 nitrogen and oxygen atoms in total. The van der Waals surface area contributed by atoms with Crippen molar-refractivity contribution in [1.82, 2.24) is 19.5 Å². The van der Waals surface area contributed by atoms with E-state index in [4.69, 9.17) is 0 Å². The largest absolute Gasteiger partial charge is 0.354 e. The minimum absolute atomic E-state index is 0.363. The molecule has 0 fully saturated rings. The quantitative estimate of drug-likeness (QED) is 0.878. The van der Waals surface area contributed by atoms with Crippen molar-refractivity contribution in [3.63, 3.8) is 0 Å². The molecule has 0 amide bonds. The zero-order chi connectivity index (χ0) is 13.0. The van der Waals surface area contributed by atoms with Crippen LogP contribution < -0.4 is 5.32 Å². The second-order valence-corrected chi connectivity index (χ2v) is 3.82. The highest BCUT2D eigenvalue weighted by Crippen LogP contribution is 2.11. The lowest BCUT2D eigenvalue weighted by Gasteiger charge is -2.07. The Morgan fingerprint density at radius 1 is 1.33 bits per heavy atom. The standard InChI is InChI=1S/C12H16FN5/c1-3-14-12-16-8-9(13)10(17-12)7-11-15-5-6-18(11)4-2/h5-6,8H,3-4,7H2,1-2H3,(H,14,16,17). The topological polar surface area (TPSA) is 55.6 Å². The van der Waals surface area contributed by atoms with Gasteiger partial charge in [-0.25, -0.2) is 19.3 Å². The molecule has 0 aliphatic heterocycles. The molecule has 2 rings (SSSR count). The molecule has 0 radical (unpaired) electrons. The molecule has 0 aliphatic carbocycles. The Morgan fingerprint density at radius 2 is 2.17 bits per heavy atom. The van der Waals surface area contributed by atoms with E-state index in [0.29, 0.717) is 24.6 Å². The summed E-state index contributed by atoms with van der Waals surface area (Å²) in [5, 5.41) is 2.97. The van der Waals surface area contributed by atoms with E-state index < -0.39 is 5.82 Å². The summed E-state index contributed by atoms with van der Waals surface area (Å²) in [4.78, 5) is 12.3. The molecule has 0 saturated carbocycles. The third-order valence-electron chi connectivity index (χ3n) is 2.62. The number of hydrogen-bond acceptors (Lipinski definition) is 4. The zero-order valence-electron chi connectivity index (χ0n) is 10.5. The van der Waals surface area contributed by atoms with Crippen molar-refractivity contribution in [1.29, 1.82) is 0 Å². The second kappa shape index (κ2) is 5.57. The van der Waals surface area contributed by atoms with Crippen LogP contribution in [0.5, 0.6) is 0 Å². The van der Waals surface area contributed by atoms with E-state index in [2.05, 4.69) is 20.3 Å². The van der Waals surface area contributed by atoms with E-state index in [1.807, 2.05) is 24.6 Å². The molecule has 0 aliphatic rings. The Labute approximate surface area is 105 Å². The lowest BCUT2D eigenvalue weighted by atomic mass is 10.2. The summed E-state index contributed by atoms with van der Waals surface area (Å²) >= 11 is 0.